The molecule has 0 spiro atoms. The smallest absolute Gasteiger partial charge is 0.00979 e. The fraction of sp³-hybridized carbons (Fsp3) is 1.00. The van der Waals surface area contributed by atoms with E-state index in [0.717, 1.165) is 18.1 Å². The van der Waals surface area contributed by atoms with Gasteiger partial charge in [-0.05, 0) is 52.5 Å². The Hall–Kier alpha value is -0.0800. The van der Waals surface area contributed by atoms with Crippen LogP contribution in [0.3, 0.4) is 0 Å². The summed E-state index contributed by atoms with van der Waals surface area (Å²) >= 11 is 0. The van der Waals surface area contributed by atoms with Gasteiger partial charge in [-0.1, -0.05) is 19.3 Å². The van der Waals surface area contributed by atoms with E-state index in [2.05, 4.69) is 24.1 Å². The molecular formula is C15H30N2. The van der Waals surface area contributed by atoms with E-state index < -0.39 is 0 Å². The minimum atomic E-state index is 0.724. The third-order valence-corrected chi connectivity index (χ3v) is 4.61. The Morgan fingerprint density at radius 2 is 1.76 bits per heavy atom. The molecule has 1 atom stereocenters. The first-order valence-electron chi connectivity index (χ1n) is 7.76. The molecule has 0 bridgehead atoms. The summed E-state index contributed by atoms with van der Waals surface area (Å²) in [5.41, 5.74) is 0. The van der Waals surface area contributed by atoms with Crippen LogP contribution in [0.25, 0.3) is 0 Å². The van der Waals surface area contributed by atoms with Crippen molar-refractivity contribution in [2.45, 2.75) is 83.3 Å². The van der Waals surface area contributed by atoms with Gasteiger partial charge < -0.3 is 5.32 Å². The van der Waals surface area contributed by atoms with Crippen LogP contribution in [0.4, 0.5) is 0 Å². The molecule has 2 nitrogen and oxygen atoms in total. The first-order chi connectivity index (χ1) is 8.27. The average Bonchev–Trinajstić information content (AvgIpc) is 2.84. The highest BCUT2D eigenvalue weighted by Crippen LogP contribution is 2.25. The second-order valence-electron chi connectivity index (χ2n) is 6.21. The largest absolute Gasteiger partial charge is 0.314 e. The van der Waals surface area contributed by atoms with Gasteiger partial charge in [0.15, 0.2) is 0 Å². The van der Waals surface area contributed by atoms with Gasteiger partial charge >= 0.3 is 0 Å². The molecule has 1 N–H and O–H groups in total. The Bertz CT molecular complexity index is 203. The number of nitrogens with one attached hydrogen (secondary N) is 1. The zero-order valence-corrected chi connectivity index (χ0v) is 11.8. The first kappa shape index (κ1) is 13.4. The van der Waals surface area contributed by atoms with Crippen molar-refractivity contribution in [1.82, 2.24) is 10.2 Å². The minimum Gasteiger partial charge on any atom is -0.314 e. The summed E-state index contributed by atoms with van der Waals surface area (Å²) in [7, 11) is 0. The van der Waals surface area contributed by atoms with E-state index in [9.17, 15) is 0 Å². The standard InChI is InChI=1S/C15H30N2/c1-13(2)17(15-8-3-4-9-15)12-10-14-7-5-6-11-16-14/h13-16H,3-12H2,1-2H3. The lowest BCUT2D eigenvalue weighted by atomic mass is 10.0. The molecule has 1 heterocycles. The highest BCUT2D eigenvalue weighted by molar-refractivity contribution is 4.82. The van der Waals surface area contributed by atoms with Crippen LogP contribution < -0.4 is 5.32 Å². The van der Waals surface area contributed by atoms with E-state index in [0.29, 0.717) is 0 Å². The van der Waals surface area contributed by atoms with Crippen LogP contribution in [0.15, 0.2) is 0 Å². The van der Waals surface area contributed by atoms with E-state index in [1.807, 2.05) is 0 Å². The van der Waals surface area contributed by atoms with Gasteiger partial charge in [0.05, 0.1) is 0 Å². The topological polar surface area (TPSA) is 15.3 Å². The molecule has 0 aromatic carbocycles. The average molecular weight is 238 g/mol. The van der Waals surface area contributed by atoms with Crippen LogP contribution >= 0.6 is 0 Å². The third kappa shape index (κ3) is 3.96. The van der Waals surface area contributed by atoms with Crippen LogP contribution in [0.5, 0.6) is 0 Å². The molecule has 2 aliphatic rings. The Labute approximate surface area is 107 Å². The van der Waals surface area contributed by atoms with Crippen molar-refractivity contribution < 1.29 is 0 Å². The molecule has 17 heavy (non-hydrogen) atoms. The maximum Gasteiger partial charge on any atom is 0.00979 e. The molecule has 2 fully saturated rings. The number of rotatable bonds is 5. The van der Waals surface area contributed by atoms with Crippen LogP contribution in [-0.4, -0.2) is 36.1 Å². The van der Waals surface area contributed by atoms with Crippen LogP contribution in [0, 0.1) is 0 Å². The second-order valence-corrected chi connectivity index (χ2v) is 6.21. The number of nitrogens with zero attached hydrogens (tertiary/aromatic N) is 1. The fourth-order valence-corrected chi connectivity index (χ4v) is 3.57. The normalized spacial score (nSPS) is 27.2. The molecule has 0 radical (unpaired) electrons. The van der Waals surface area contributed by atoms with Crippen LogP contribution in [-0.2, 0) is 0 Å². The molecule has 0 aromatic rings. The number of hydrogen-bond donors (Lipinski definition) is 1. The summed E-state index contributed by atoms with van der Waals surface area (Å²) < 4.78 is 0. The molecule has 2 rings (SSSR count). The van der Waals surface area contributed by atoms with E-state index in [1.54, 1.807) is 0 Å². The number of piperidine rings is 1. The quantitative estimate of drug-likeness (QED) is 0.791. The lowest BCUT2D eigenvalue weighted by Gasteiger charge is -2.34. The summed E-state index contributed by atoms with van der Waals surface area (Å²) in [5.74, 6) is 0. The lowest BCUT2D eigenvalue weighted by Crippen LogP contribution is -2.43. The monoisotopic (exact) mass is 238 g/mol. The van der Waals surface area contributed by atoms with E-state index in [-0.39, 0.29) is 0 Å². The van der Waals surface area contributed by atoms with E-state index >= 15 is 0 Å². The van der Waals surface area contributed by atoms with Crippen molar-refractivity contribution in [3.8, 4) is 0 Å². The molecule has 1 saturated carbocycles. The van der Waals surface area contributed by atoms with Crippen molar-refractivity contribution in [2.75, 3.05) is 13.1 Å². The SMILES string of the molecule is CC(C)N(CCC1CCCCN1)C1CCCC1. The molecule has 100 valence electrons. The van der Waals surface area contributed by atoms with Gasteiger partial charge in [-0.2, -0.15) is 0 Å². The van der Waals surface area contributed by atoms with E-state index in [4.69, 9.17) is 0 Å². The molecule has 0 aromatic heterocycles. The first-order valence-corrected chi connectivity index (χ1v) is 7.76. The maximum absolute atomic E-state index is 3.68. The second kappa shape index (κ2) is 6.75. The Morgan fingerprint density at radius 1 is 1.06 bits per heavy atom. The van der Waals surface area contributed by atoms with Crippen molar-refractivity contribution >= 4 is 0 Å². The summed E-state index contributed by atoms with van der Waals surface area (Å²) in [4.78, 5) is 2.77. The molecule has 1 aliphatic carbocycles. The highest BCUT2D eigenvalue weighted by atomic mass is 15.2. The maximum atomic E-state index is 3.68. The van der Waals surface area contributed by atoms with Gasteiger partial charge in [-0.3, -0.25) is 4.90 Å². The molecular weight excluding hydrogens is 208 g/mol. The van der Waals surface area contributed by atoms with Gasteiger partial charge in [0.2, 0.25) is 0 Å². The minimum absolute atomic E-state index is 0.724. The third-order valence-electron chi connectivity index (χ3n) is 4.61. The molecule has 1 saturated heterocycles. The van der Waals surface area contributed by atoms with E-state index in [1.165, 1.54) is 64.5 Å². The predicted octanol–water partition coefficient (Wildman–Crippen LogP) is 3.17. The molecule has 1 aliphatic heterocycles. The van der Waals surface area contributed by atoms with Gasteiger partial charge in [0.25, 0.3) is 0 Å². The highest BCUT2D eigenvalue weighted by Gasteiger charge is 2.25. The predicted molar refractivity (Wildman–Crippen MR) is 74.4 cm³/mol. The Morgan fingerprint density at radius 3 is 2.35 bits per heavy atom. The van der Waals surface area contributed by atoms with Crippen LogP contribution in [0.2, 0.25) is 0 Å². The van der Waals surface area contributed by atoms with Gasteiger partial charge in [0.1, 0.15) is 0 Å². The Balaban J connectivity index is 1.76. The lowest BCUT2D eigenvalue weighted by molar-refractivity contribution is 0.144. The van der Waals surface area contributed by atoms with Crippen LogP contribution in [0.1, 0.15) is 65.2 Å². The summed E-state index contributed by atoms with van der Waals surface area (Å²) in [6.07, 6.45) is 11.4. The summed E-state index contributed by atoms with van der Waals surface area (Å²) in [5, 5.41) is 3.68. The fourth-order valence-electron chi connectivity index (χ4n) is 3.57. The zero-order valence-electron chi connectivity index (χ0n) is 11.8. The van der Waals surface area contributed by atoms with Crippen molar-refractivity contribution in [3.05, 3.63) is 0 Å². The number of hydrogen-bond acceptors (Lipinski definition) is 2. The summed E-state index contributed by atoms with van der Waals surface area (Å²) in [6.45, 7) is 7.29. The van der Waals surface area contributed by atoms with Gasteiger partial charge in [0, 0.05) is 24.7 Å². The Kier molecular flexibility index (Phi) is 5.30. The van der Waals surface area contributed by atoms with Crippen molar-refractivity contribution in [2.24, 2.45) is 0 Å². The zero-order chi connectivity index (χ0) is 12.1. The van der Waals surface area contributed by atoms with Gasteiger partial charge in [-0.25, -0.2) is 0 Å². The molecule has 1 unspecified atom stereocenters. The van der Waals surface area contributed by atoms with Gasteiger partial charge in [-0.15, -0.1) is 0 Å². The molecule has 0 amide bonds. The molecule has 2 heteroatoms. The van der Waals surface area contributed by atoms with Crippen molar-refractivity contribution in [3.63, 3.8) is 0 Å². The van der Waals surface area contributed by atoms with Crippen molar-refractivity contribution in [1.29, 1.82) is 0 Å². The summed E-state index contributed by atoms with van der Waals surface area (Å²) in [6, 6.07) is 2.41.